The fourth-order valence-corrected chi connectivity index (χ4v) is 3.90. The molecule has 88 valence electrons. The first-order valence-corrected chi connectivity index (χ1v) is 7.23. The lowest BCUT2D eigenvalue weighted by atomic mass is 10.1. The number of nitrogens with one attached hydrogen (secondary N) is 1. The number of aromatic amines is 1. The van der Waals surface area contributed by atoms with Gasteiger partial charge in [0.05, 0.1) is 11.5 Å². The van der Waals surface area contributed by atoms with Crippen molar-refractivity contribution in [3.63, 3.8) is 0 Å². The zero-order valence-electron chi connectivity index (χ0n) is 8.72. The van der Waals surface area contributed by atoms with Gasteiger partial charge in [-0.3, -0.25) is 5.10 Å². The van der Waals surface area contributed by atoms with Gasteiger partial charge in [-0.2, -0.15) is 5.10 Å². The van der Waals surface area contributed by atoms with Crippen LogP contribution in [-0.2, 0) is 16.4 Å². The van der Waals surface area contributed by atoms with Gasteiger partial charge in [-0.25, -0.2) is 8.42 Å². The molecule has 7 heteroatoms. The first-order chi connectivity index (χ1) is 7.53. The fraction of sp³-hybridized carbons (Fsp3) is 0.556. The summed E-state index contributed by atoms with van der Waals surface area (Å²) in [5.74, 6) is 1.10. The van der Waals surface area contributed by atoms with E-state index in [2.05, 4.69) is 16.8 Å². The van der Waals surface area contributed by atoms with E-state index in [1.165, 1.54) is 0 Å². The lowest BCUT2D eigenvalue weighted by molar-refractivity contribution is 0.599. The third kappa shape index (κ3) is 2.10. The molecule has 1 atom stereocenters. The van der Waals surface area contributed by atoms with Crippen molar-refractivity contribution in [3.05, 3.63) is 23.3 Å². The average molecular weight is 259 g/mol. The minimum absolute atomic E-state index is 0.0436. The van der Waals surface area contributed by atoms with Crippen LogP contribution in [0.1, 0.15) is 18.2 Å². The highest BCUT2D eigenvalue weighted by Gasteiger charge is 2.32. The highest BCUT2D eigenvalue weighted by atomic mass is 32.2. The van der Waals surface area contributed by atoms with Gasteiger partial charge in [0.25, 0.3) is 0 Å². The zero-order chi connectivity index (χ0) is 11.8. The van der Waals surface area contributed by atoms with Crippen molar-refractivity contribution in [2.24, 2.45) is 0 Å². The summed E-state index contributed by atoms with van der Waals surface area (Å²) in [7, 11) is -2.89. The molecule has 1 N–H and O–H groups in total. The van der Waals surface area contributed by atoms with Gasteiger partial charge in [0.2, 0.25) is 0 Å². The first-order valence-electron chi connectivity index (χ1n) is 5.00. The van der Waals surface area contributed by atoms with Gasteiger partial charge in [-0.05, 0) is 18.6 Å². The summed E-state index contributed by atoms with van der Waals surface area (Å²) < 4.78 is 25.1. The highest BCUT2D eigenvalue weighted by Crippen LogP contribution is 2.27. The number of rotatable bonds is 3. The van der Waals surface area contributed by atoms with Crippen molar-refractivity contribution in [1.29, 1.82) is 0 Å². The summed E-state index contributed by atoms with van der Waals surface area (Å²) >= 11 is 5.08. The summed E-state index contributed by atoms with van der Waals surface area (Å²) in [6.45, 7) is 4.20. The van der Waals surface area contributed by atoms with Crippen LogP contribution in [0.2, 0.25) is 0 Å². The Bertz CT molecular complexity index is 556. The third-order valence-electron chi connectivity index (χ3n) is 2.70. The maximum Gasteiger partial charge on any atom is 0.195 e. The van der Waals surface area contributed by atoms with Gasteiger partial charge < -0.3 is 4.57 Å². The largest absolute Gasteiger partial charge is 0.300 e. The molecule has 0 spiro atoms. The topological polar surface area (TPSA) is 67.8 Å². The van der Waals surface area contributed by atoms with Crippen molar-refractivity contribution < 1.29 is 8.42 Å². The molecule has 2 rings (SSSR count). The van der Waals surface area contributed by atoms with Crippen molar-refractivity contribution in [3.8, 4) is 0 Å². The highest BCUT2D eigenvalue weighted by molar-refractivity contribution is 7.91. The van der Waals surface area contributed by atoms with E-state index in [4.69, 9.17) is 12.2 Å². The number of sulfone groups is 1. The maximum atomic E-state index is 11.4. The molecule has 0 radical (unpaired) electrons. The summed E-state index contributed by atoms with van der Waals surface area (Å²) in [4.78, 5) is 0. The second-order valence-electron chi connectivity index (χ2n) is 3.89. The van der Waals surface area contributed by atoms with Crippen LogP contribution in [0.3, 0.4) is 0 Å². The second-order valence-corrected chi connectivity index (χ2v) is 6.50. The molecule has 0 bridgehead atoms. The molecule has 0 amide bonds. The predicted molar refractivity (Wildman–Crippen MR) is 63.6 cm³/mol. The normalized spacial score (nSPS) is 23.4. The van der Waals surface area contributed by atoms with E-state index in [1.54, 1.807) is 10.6 Å². The number of aromatic nitrogens is 3. The molecule has 1 aromatic rings. The summed E-state index contributed by atoms with van der Waals surface area (Å²) in [5, 5.41) is 6.81. The van der Waals surface area contributed by atoms with E-state index in [9.17, 15) is 8.42 Å². The Morgan fingerprint density at radius 3 is 3.00 bits per heavy atom. The van der Waals surface area contributed by atoms with Crippen LogP contribution in [0.25, 0.3) is 0 Å². The number of allylic oxidation sites excluding steroid dienone is 1. The molecule has 5 nitrogen and oxygen atoms in total. The van der Waals surface area contributed by atoms with Crippen LogP contribution in [0.4, 0.5) is 0 Å². The van der Waals surface area contributed by atoms with Crippen molar-refractivity contribution in [2.75, 3.05) is 11.5 Å². The number of hydrogen-bond acceptors (Lipinski definition) is 4. The van der Waals surface area contributed by atoms with Crippen LogP contribution in [0.5, 0.6) is 0 Å². The van der Waals surface area contributed by atoms with Gasteiger partial charge in [0.1, 0.15) is 5.82 Å². The van der Waals surface area contributed by atoms with Gasteiger partial charge in [-0.1, -0.05) is 6.08 Å². The average Bonchev–Trinajstić information content (AvgIpc) is 2.72. The van der Waals surface area contributed by atoms with E-state index < -0.39 is 9.84 Å². The standard InChI is InChI=1S/C9H13N3O2S2/c1-2-4-12-8(10-11-9(12)15)7-3-5-16(13,14)6-7/h2,7H,1,3-6H2,(H,11,15)/t7-/m1/s1. The number of hydrogen-bond donors (Lipinski definition) is 1. The molecular weight excluding hydrogens is 246 g/mol. The Hall–Kier alpha value is -0.950. The molecule has 1 aliphatic heterocycles. The molecule has 0 unspecified atom stereocenters. The molecule has 0 aliphatic carbocycles. The molecule has 16 heavy (non-hydrogen) atoms. The molecule has 1 saturated heterocycles. The second kappa shape index (κ2) is 4.14. The lowest BCUT2D eigenvalue weighted by Crippen LogP contribution is -2.10. The molecule has 1 aromatic heterocycles. The van der Waals surface area contributed by atoms with Crippen LogP contribution < -0.4 is 0 Å². The summed E-state index contributed by atoms with van der Waals surface area (Å²) in [6.07, 6.45) is 2.34. The van der Waals surface area contributed by atoms with Crippen molar-refractivity contribution in [1.82, 2.24) is 14.8 Å². The Labute approximate surface area is 99.1 Å². The maximum absolute atomic E-state index is 11.4. The number of nitrogens with zero attached hydrogens (tertiary/aromatic N) is 2. The Kier molecular flexibility index (Phi) is 2.98. The van der Waals surface area contributed by atoms with Crippen LogP contribution in [0, 0.1) is 4.77 Å². The van der Waals surface area contributed by atoms with Gasteiger partial charge in [-0.15, -0.1) is 6.58 Å². The summed E-state index contributed by atoms with van der Waals surface area (Å²) in [6, 6.07) is 0. The molecule has 1 fully saturated rings. The van der Waals surface area contributed by atoms with E-state index >= 15 is 0 Å². The Morgan fingerprint density at radius 1 is 1.69 bits per heavy atom. The Balaban J connectivity index is 2.35. The summed E-state index contributed by atoms with van der Waals surface area (Å²) in [5.41, 5.74) is 0. The van der Waals surface area contributed by atoms with Crippen LogP contribution >= 0.6 is 12.2 Å². The van der Waals surface area contributed by atoms with E-state index in [0.29, 0.717) is 17.7 Å². The van der Waals surface area contributed by atoms with Gasteiger partial charge in [0, 0.05) is 12.5 Å². The monoisotopic (exact) mass is 259 g/mol. The molecule has 1 aliphatic rings. The predicted octanol–water partition coefficient (Wildman–Crippen LogP) is 1.03. The Morgan fingerprint density at radius 2 is 2.44 bits per heavy atom. The molecular formula is C9H13N3O2S2. The van der Waals surface area contributed by atoms with Gasteiger partial charge >= 0.3 is 0 Å². The molecule has 2 heterocycles. The quantitative estimate of drug-likeness (QED) is 0.650. The molecule has 0 saturated carbocycles. The van der Waals surface area contributed by atoms with Crippen LogP contribution in [0.15, 0.2) is 12.7 Å². The van der Waals surface area contributed by atoms with E-state index in [1.807, 2.05) is 0 Å². The van der Waals surface area contributed by atoms with Crippen molar-refractivity contribution in [2.45, 2.75) is 18.9 Å². The SMILES string of the molecule is C=CCn1c([C@@H]2CCS(=O)(=O)C2)n[nH]c1=S. The minimum atomic E-state index is -2.89. The van der Waals surface area contributed by atoms with Crippen molar-refractivity contribution >= 4 is 22.1 Å². The molecule has 0 aromatic carbocycles. The zero-order valence-corrected chi connectivity index (χ0v) is 10.4. The van der Waals surface area contributed by atoms with Gasteiger partial charge in [0.15, 0.2) is 14.6 Å². The van der Waals surface area contributed by atoms with E-state index in [-0.39, 0.29) is 17.4 Å². The first kappa shape index (κ1) is 11.5. The minimum Gasteiger partial charge on any atom is -0.300 e. The van der Waals surface area contributed by atoms with Crippen LogP contribution in [-0.4, -0.2) is 34.7 Å². The smallest absolute Gasteiger partial charge is 0.195 e. The van der Waals surface area contributed by atoms with E-state index in [0.717, 1.165) is 5.82 Å². The lowest BCUT2D eigenvalue weighted by Gasteiger charge is -2.08. The number of H-pyrrole nitrogens is 1. The third-order valence-corrected chi connectivity index (χ3v) is 4.78. The fourth-order valence-electron chi connectivity index (χ4n) is 1.95.